The molecule has 3 heterocycles. The van der Waals surface area contributed by atoms with Gasteiger partial charge in [-0.05, 0) is 31.5 Å². The number of carbonyl (C=O) groups excluding carboxylic acids is 1. The van der Waals surface area contributed by atoms with Gasteiger partial charge in [-0.3, -0.25) is 4.79 Å². The summed E-state index contributed by atoms with van der Waals surface area (Å²) in [6.07, 6.45) is 5.27. The van der Waals surface area contributed by atoms with Crippen LogP contribution in [0.25, 0.3) is 10.8 Å². The molecule has 21 heavy (non-hydrogen) atoms. The van der Waals surface area contributed by atoms with Crippen LogP contribution in [-0.4, -0.2) is 41.5 Å². The summed E-state index contributed by atoms with van der Waals surface area (Å²) in [7, 11) is 0. The van der Waals surface area contributed by atoms with Crippen molar-refractivity contribution in [3.05, 3.63) is 29.5 Å². The summed E-state index contributed by atoms with van der Waals surface area (Å²) in [6, 6.07) is 3.98. The Morgan fingerprint density at radius 3 is 3.19 bits per heavy atom. The number of hydrogen-bond donors (Lipinski definition) is 1. The number of nitrogens with zero attached hydrogens (tertiary/aromatic N) is 2. The number of thiazole rings is 1. The van der Waals surface area contributed by atoms with Crippen molar-refractivity contribution in [2.24, 2.45) is 0 Å². The molecule has 0 radical (unpaired) electrons. The molecule has 1 atom stereocenters. The fraction of sp³-hybridized carbons (Fsp3) is 0.467. The molecule has 0 aromatic carbocycles. The van der Waals surface area contributed by atoms with E-state index in [9.17, 15) is 4.79 Å². The van der Waals surface area contributed by atoms with Gasteiger partial charge in [0.1, 0.15) is 4.88 Å². The molecule has 0 aliphatic carbocycles. The largest absolute Gasteiger partial charge is 0.462 e. The van der Waals surface area contributed by atoms with E-state index in [0.29, 0.717) is 16.7 Å². The molecule has 6 heteroatoms. The fourth-order valence-electron chi connectivity index (χ4n) is 2.62. The Morgan fingerprint density at radius 2 is 2.52 bits per heavy atom. The van der Waals surface area contributed by atoms with Crippen molar-refractivity contribution < 1.29 is 9.21 Å². The van der Waals surface area contributed by atoms with Crippen molar-refractivity contribution in [1.82, 2.24) is 15.2 Å². The minimum absolute atomic E-state index is 0.0841. The third-order valence-corrected chi connectivity index (χ3v) is 4.65. The second-order valence-electron chi connectivity index (χ2n) is 5.15. The average Bonchev–Trinajstić information content (AvgIpc) is 3.25. The third kappa shape index (κ3) is 3.01. The first-order chi connectivity index (χ1) is 10.3. The van der Waals surface area contributed by atoms with Gasteiger partial charge in [0.15, 0.2) is 10.8 Å². The van der Waals surface area contributed by atoms with Crippen molar-refractivity contribution >= 4 is 17.2 Å². The first-order valence-electron chi connectivity index (χ1n) is 7.31. The van der Waals surface area contributed by atoms with Crippen LogP contribution >= 0.6 is 11.3 Å². The lowest BCUT2D eigenvalue weighted by Crippen LogP contribution is -2.41. The second kappa shape index (κ2) is 6.41. The first kappa shape index (κ1) is 14.3. The van der Waals surface area contributed by atoms with Gasteiger partial charge in [-0.2, -0.15) is 0 Å². The molecule has 2 aromatic heterocycles. The van der Waals surface area contributed by atoms with Crippen LogP contribution < -0.4 is 5.32 Å². The summed E-state index contributed by atoms with van der Waals surface area (Å²) < 4.78 is 5.33. The van der Waals surface area contributed by atoms with Gasteiger partial charge < -0.3 is 14.6 Å². The number of hydrogen-bond acceptors (Lipinski definition) is 5. The van der Waals surface area contributed by atoms with Crippen LogP contribution in [0.5, 0.6) is 0 Å². The average molecular weight is 305 g/mol. The number of carbonyl (C=O) groups is 1. The van der Waals surface area contributed by atoms with Crippen LogP contribution in [-0.2, 0) is 0 Å². The maximum atomic E-state index is 12.7. The lowest BCUT2D eigenvalue weighted by Gasteiger charge is -2.27. The van der Waals surface area contributed by atoms with Crippen LogP contribution in [0.2, 0.25) is 0 Å². The number of aromatic nitrogens is 1. The molecular formula is C15H19N3O2S. The zero-order chi connectivity index (χ0) is 14.7. The normalized spacial score (nSPS) is 18.0. The minimum Gasteiger partial charge on any atom is -0.462 e. The molecule has 0 bridgehead atoms. The van der Waals surface area contributed by atoms with Crippen molar-refractivity contribution in [2.75, 3.05) is 19.6 Å². The van der Waals surface area contributed by atoms with Crippen LogP contribution in [0.4, 0.5) is 0 Å². The summed E-state index contributed by atoms with van der Waals surface area (Å²) >= 11 is 1.40. The van der Waals surface area contributed by atoms with Gasteiger partial charge in [0, 0.05) is 19.1 Å². The maximum absolute atomic E-state index is 12.7. The van der Waals surface area contributed by atoms with Crippen LogP contribution in [0.15, 0.2) is 29.0 Å². The highest BCUT2D eigenvalue weighted by molar-refractivity contribution is 7.16. The third-order valence-electron chi connectivity index (χ3n) is 3.65. The molecule has 1 aliphatic rings. The molecule has 3 rings (SSSR count). The van der Waals surface area contributed by atoms with Gasteiger partial charge >= 0.3 is 0 Å². The monoisotopic (exact) mass is 305 g/mol. The van der Waals surface area contributed by atoms with Crippen LogP contribution in [0.1, 0.15) is 29.4 Å². The van der Waals surface area contributed by atoms with E-state index in [2.05, 4.69) is 17.2 Å². The predicted octanol–water partition coefficient (Wildman–Crippen LogP) is 2.62. The maximum Gasteiger partial charge on any atom is 0.265 e. The summed E-state index contributed by atoms with van der Waals surface area (Å²) in [5.41, 5.74) is 0. The zero-order valence-corrected chi connectivity index (χ0v) is 12.9. The minimum atomic E-state index is 0.0841. The Hall–Kier alpha value is -1.66. The highest BCUT2D eigenvalue weighted by Gasteiger charge is 2.28. The quantitative estimate of drug-likeness (QED) is 0.922. The van der Waals surface area contributed by atoms with E-state index in [1.165, 1.54) is 11.3 Å². The Kier molecular flexibility index (Phi) is 4.36. The smallest absolute Gasteiger partial charge is 0.265 e. The topological polar surface area (TPSA) is 58.4 Å². The Morgan fingerprint density at radius 1 is 1.62 bits per heavy atom. The number of amides is 1. The Balaban J connectivity index is 1.79. The predicted molar refractivity (Wildman–Crippen MR) is 82.4 cm³/mol. The van der Waals surface area contributed by atoms with E-state index in [0.717, 1.165) is 37.5 Å². The second-order valence-corrected chi connectivity index (χ2v) is 6.18. The fourth-order valence-corrected chi connectivity index (χ4v) is 3.47. The molecule has 0 spiro atoms. The molecule has 1 saturated heterocycles. The van der Waals surface area contributed by atoms with Crippen molar-refractivity contribution in [1.29, 1.82) is 0 Å². The lowest BCUT2D eigenvalue weighted by molar-refractivity contribution is 0.0697. The van der Waals surface area contributed by atoms with Gasteiger partial charge in [0.05, 0.1) is 12.5 Å². The molecule has 2 aromatic rings. The first-order valence-corrected chi connectivity index (χ1v) is 8.12. The molecule has 1 amide bonds. The number of rotatable bonds is 5. The molecular weight excluding hydrogens is 286 g/mol. The summed E-state index contributed by atoms with van der Waals surface area (Å²) in [6.45, 7) is 4.76. The molecule has 1 N–H and O–H groups in total. The molecule has 1 fully saturated rings. The SMILES string of the molecule is CCCN(C(=O)c1cnc(-c2ccco2)s1)C1CCNC1. The van der Waals surface area contributed by atoms with Gasteiger partial charge in [-0.1, -0.05) is 6.92 Å². The van der Waals surface area contributed by atoms with Gasteiger partial charge in [0.2, 0.25) is 0 Å². The van der Waals surface area contributed by atoms with E-state index in [1.54, 1.807) is 12.5 Å². The molecule has 112 valence electrons. The Bertz CT molecular complexity index is 588. The summed E-state index contributed by atoms with van der Waals surface area (Å²) in [5.74, 6) is 0.796. The van der Waals surface area contributed by atoms with Crippen LogP contribution in [0, 0.1) is 0 Å². The van der Waals surface area contributed by atoms with Crippen molar-refractivity contribution in [3.8, 4) is 10.8 Å². The van der Waals surface area contributed by atoms with E-state index in [4.69, 9.17) is 4.42 Å². The van der Waals surface area contributed by atoms with Gasteiger partial charge in [0.25, 0.3) is 5.91 Å². The molecule has 0 saturated carbocycles. The van der Waals surface area contributed by atoms with E-state index < -0.39 is 0 Å². The van der Waals surface area contributed by atoms with Gasteiger partial charge in [-0.15, -0.1) is 11.3 Å². The summed E-state index contributed by atoms with van der Waals surface area (Å²) in [4.78, 5) is 19.7. The summed E-state index contributed by atoms with van der Waals surface area (Å²) in [5, 5.41) is 4.08. The van der Waals surface area contributed by atoms with E-state index in [1.807, 2.05) is 17.0 Å². The van der Waals surface area contributed by atoms with Crippen molar-refractivity contribution in [2.45, 2.75) is 25.8 Å². The highest BCUT2D eigenvalue weighted by atomic mass is 32.1. The zero-order valence-electron chi connectivity index (χ0n) is 12.0. The van der Waals surface area contributed by atoms with E-state index in [-0.39, 0.29) is 5.91 Å². The standard InChI is InChI=1S/C15H19N3O2S/c1-2-7-18(11-5-6-16-9-11)15(19)13-10-17-14(21-13)12-4-3-8-20-12/h3-4,8,10-11,16H,2,5-7,9H2,1H3. The number of nitrogens with one attached hydrogen (secondary N) is 1. The van der Waals surface area contributed by atoms with Crippen LogP contribution in [0.3, 0.4) is 0 Å². The lowest BCUT2D eigenvalue weighted by atomic mass is 10.2. The molecule has 5 nitrogen and oxygen atoms in total. The van der Waals surface area contributed by atoms with Crippen molar-refractivity contribution in [3.63, 3.8) is 0 Å². The highest BCUT2D eigenvalue weighted by Crippen LogP contribution is 2.27. The number of furan rings is 1. The van der Waals surface area contributed by atoms with Gasteiger partial charge in [-0.25, -0.2) is 4.98 Å². The Labute approximate surface area is 128 Å². The molecule has 1 aliphatic heterocycles. The molecule has 1 unspecified atom stereocenters. The van der Waals surface area contributed by atoms with E-state index >= 15 is 0 Å².